The molecule has 0 bridgehead atoms. The third kappa shape index (κ3) is 4.79. The number of hydrogen-bond acceptors (Lipinski definition) is 3. The van der Waals surface area contributed by atoms with Gasteiger partial charge in [0.1, 0.15) is 11.6 Å². The summed E-state index contributed by atoms with van der Waals surface area (Å²) in [6.45, 7) is 3.26. The van der Waals surface area contributed by atoms with E-state index < -0.39 is 0 Å². The highest BCUT2D eigenvalue weighted by molar-refractivity contribution is 6.16. The summed E-state index contributed by atoms with van der Waals surface area (Å²) in [6.07, 6.45) is 13.4. The SMILES string of the molecule is CCCCCCCCCCCCn1c2cc3ccccc3cc2c2c(N)nc(N)cc21. The van der Waals surface area contributed by atoms with Gasteiger partial charge >= 0.3 is 0 Å². The van der Waals surface area contributed by atoms with Crippen LogP contribution in [0.1, 0.15) is 71.1 Å². The molecule has 0 aliphatic rings. The van der Waals surface area contributed by atoms with Crippen LogP contribution in [0.5, 0.6) is 0 Å². The standard InChI is InChI=1S/C27H36N4/c1-2-3-4-5-6-7-8-9-10-13-16-31-23-18-21-15-12-11-14-20(21)17-22(23)26-24(31)19-25(28)30-27(26)29/h11-12,14-15,17-19H,2-10,13,16H2,1H3,(H4,28,29,30). The van der Waals surface area contributed by atoms with E-state index in [1.165, 1.54) is 85.9 Å². The van der Waals surface area contributed by atoms with Gasteiger partial charge < -0.3 is 16.0 Å². The van der Waals surface area contributed by atoms with Gasteiger partial charge in [0.05, 0.1) is 5.52 Å². The summed E-state index contributed by atoms with van der Waals surface area (Å²) in [5, 5.41) is 4.68. The van der Waals surface area contributed by atoms with Crippen molar-refractivity contribution >= 4 is 44.2 Å². The van der Waals surface area contributed by atoms with E-state index in [4.69, 9.17) is 11.5 Å². The summed E-state index contributed by atoms with van der Waals surface area (Å²) in [5.74, 6) is 1.01. The molecule has 4 nitrogen and oxygen atoms in total. The van der Waals surface area contributed by atoms with Gasteiger partial charge in [-0.05, 0) is 29.3 Å². The minimum Gasteiger partial charge on any atom is -0.384 e. The number of aryl methyl sites for hydroxylation is 1. The number of rotatable bonds is 11. The van der Waals surface area contributed by atoms with E-state index in [0.717, 1.165) is 17.4 Å². The predicted molar refractivity (Wildman–Crippen MR) is 135 cm³/mol. The molecule has 0 atom stereocenters. The zero-order chi connectivity index (χ0) is 21.6. The number of benzene rings is 2. The van der Waals surface area contributed by atoms with Crippen molar-refractivity contribution in [1.82, 2.24) is 9.55 Å². The molecular weight excluding hydrogens is 380 g/mol. The van der Waals surface area contributed by atoms with Crippen molar-refractivity contribution in [1.29, 1.82) is 0 Å². The number of nitrogens with two attached hydrogens (primary N) is 2. The summed E-state index contributed by atoms with van der Waals surface area (Å²) < 4.78 is 2.40. The van der Waals surface area contributed by atoms with Crippen molar-refractivity contribution in [2.24, 2.45) is 0 Å². The number of fused-ring (bicyclic) bond motifs is 4. The maximum atomic E-state index is 6.33. The summed E-state index contributed by atoms with van der Waals surface area (Å²) in [5.41, 5.74) is 14.7. The molecule has 2 aromatic heterocycles. The van der Waals surface area contributed by atoms with Crippen LogP contribution in [-0.4, -0.2) is 9.55 Å². The number of pyridine rings is 1. The van der Waals surface area contributed by atoms with Crippen molar-refractivity contribution in [3.8, 4) is 0 Å². The number of anilines is 2. The van der Waals surface area contributed by atoms with Crippen LogP contribution in [0.15, 0.2) is 42.5 Å². The second kappa shape index (κ2) is 10.0. The molecule has 164 valence electrons. The summed E-state index contributed by atoms with van der Waals surface area (Å²) >= 11 is 0. The Morgan fingerprint density at radius 2 is 1.35 bits per heavy atom. The lowest BCUT2D eigenvalue weighted by molar-refractivity contribution is 0.541. The van der Waals surface area contributed by atoms with Gasteiger partial charge in [-0.15, -0.1) is 0 Å². The number of unbranched alkanes of at least 4 members (excludes halogenated alkanes) is 9. The van der Waals surface area contributed by atoms with Gasteiger partial charge in [0.15, 0.2) is 0 Å². The van der Waals surface area contributed by atoms with Crippen molar-refractivity contribution in [2.45, 2.75) is 77.7 Å². The Bertz CT molecular complexity index is 1160. The normalized spacial score (nSPS) is 11.8. The molecule has 0 saturated carbocycles. The first-order valence-electron chi connectivity index (χ1n) is 12.1. The summed E-state index contributed by atoms with van der Waals surface area (Å²) in [6, 6.07) is 15.0. The topological polar surface area (TPSA) is 69.9 Å². The van der Waals surface area contributed by atoms with E-state index in [1.54, 1.807) is 0 Å². The highest BCUT2D eigenvalue weighted by Gasteiger charge is 2.15. The Hall–Kier alpha value is -2.75. The van der Waals surface area contributed by atoms with Crippen LogP contribution in [0.4, 0.5) is 11.6 Å². The Labute approximate surface area is 185 Å². The van der Waals surface area contributed by atoms with Crippen LogP contribution in [0.2, 0.25) is 0 Å². The van der Waals surface area contributed by atoms with Crippen LogP contribution in [0.25, 0.3) is 32.6 Å². The lowest BCUT2D eigenvalue weighted by Gasteiger charge is -2.09. The molecule has 0 radical (unpaired) electrons. The van der Waals surface area contributed by atoms with E-state index in [1.807, 2.05) is 6.07 Å². The highest BCUT2D eigenvalue weighted by Crippen LogP contribution is 2.36. The molecule has 0 aliphatic heterocycles. The number of nitrogen functional groups attached to an aromatic ring is 2. The largest absolute Gasteiger partial charge is 0.384 e. The zero-order valence-corrected chi connectivity index (χ0v) is 18.9. The first-order chi connectivity index (χ1) is 15.2. The lowest BCUT2D eigenvalue weighted by atomic mass is 10.1. The smallest absolute Gasteiger partial charge is 0.135 e. The van der Waals surface area contributed by atoms with Crippen LogP contribution in [0.3, 0.4) is 0 Å². The molecule has 31 heavy (non-hydrogen) atoms. The highest BCUT2D eigenvalue weighted by atomic mass is 15.0. The molecule has 0 unspecified atom stereocenters. The van der Waals surface area contributed by atoms with Crippen LogP contribution >= 0.6 is 0 Å². The van der Waals surface area contributed by atoms with Gasteiger partial charge in [-0.25, -0.2) is 4.98 Å². The van der Waals surface area contributed by atoms with Gasteiger partial charge in [-0.3, -0.25) is 0 Å². The average molecular weight is 417 g/mol. The molecule has 0 saturated heterocycles. The van der Waals surface area contributed by atoms with E-state index in [0.29, 0.717) is 11.6 Å². The lowest BCUT2D eigenvalue weighted by Crippen LogP contribution is -2.01. The van der Waals surface area contributed by atoms with Gasteiger partial charge in [0.2, 0.25) is 0 Å². The molecule has 4 N–H and O–H groups in total. The maximum Gasteiger partial charge on any atom is 0.135 e. The summed E-state index contributed by atoms with van der Waals surface area (Å²) in [4.78, 5) is 4.34. The van der Waals surface area contributed by atoms with Gasteiger partial charge in [0.25, 0.3) is 0 Å². The molecule has 2 aromatic carbocycles. The molecule has 0 amide bonds. The Balaban J connectivity index is 1.49. The van der Waals surface area contributed by atoms with Crippen molar-refractivity contribution in [3.63, 3.8) is 0 Å². The fraction of sp³-hybridized carbons (Fsp3) is 0.444. The van der Waals surface area contributed by atoms with E-state index >= 15 is 0 Å². The predicted octanol–water partition coefficient (Wildman–Crippen LogP) is 7.43. The van der Waals surface area contributed by atoms with Crippen LogP contribution in [-0.2, 0) is 6.54 Å². The third-order valence-electron chi connectivity index (χ3n) is 6.50. The second-order valence-electron chi connectivity index (χ2n) is 8.88. The van der Waals surface area contributed by atoms with Gasteiger partial charge in [-0.2, -0.15) is 0 Å². The minimum atomic E-state index is 0.488. The van der Waals surface area contributed by atoms with Crippen molar-refractivity contribution in [3.05, 3.63) is 42.5 Å². The van der Waals surface area contributed by atoms with Gasteiger partial charge in [0, 0.05) is 28.9 Å². The molecular formula is C27H36N4. The Morgan fingerprint density at radius 1 is 0.742 bits per heavy atom. The Kier molecular flexibility index (Phi) is 6.96. The monoisotopic (exact) mass is 416 g/mol. The number of hydrogen-bond donors (Lipinski definition) is 2. The number of aromatic nitrogens is 2. The molecule has 0 fully saturated rings. The minimum absolute atomic E-state index is 0.488. The number of nitrogens with zero attached hydrogens (tertiary/aromatic N) is 2. The van der Waals surface area contributed by atoms with Crippen LogP contribution in [0, 0.1) is 0 Å². The average Bonchev–Trinajstić information content (AvgIpc) is 3.06. The fourth-order valence-electron chi connectivity index (χ4n) is 4.84. The first-order valence-corrected chi connectivity index (χ1v) is 12.1. The maximum absolute atomic E-state index is 6.33. The molecule has 4 rings (SSSR count). The van der Waals surface area contributed by atoms with Gasteiger partial charge in [-0.1, -0.05) is 89.0 Å². The zero-order valence-electron chi connectivity index (χ0n) is 18.9. The fourth-order valence-corrected chi connectivity index (χ4v) is 4.84. The molecule has 0 aliphatic carbocycles. The molecule has 4 heteroatoms. The van der Waals surface area contributed by atoms with Crippen LogP contribution < -0.4 is 11.5 Å². The van der Waals surface area contributed by atoms with Crippen molar-refractivity contribution < 1.29 is 0 Å². The quantitative estimate of drug-likeness (QED) is 0.250. The second-order valence-corrected chi connectivity index (χ2v) is 8.88. The Morgan fingerprint density at radius 3 is 2.03 bits per heavy atom. The summed E-state index contributed by atoms with van der Waals surface area (Å²) in [7, 11) is 0. The molecule has 0 spiro atoms. The first kappa shape index (κ1) is 21.5. The van der Waals surface area contributed by atoms with E-state index in [9.17, 15) is 0 Å². The van der Waals surface area contributed by atoms with E-state index in [-0.39, 0.29) is 0 Å². The molecule has 4 aromatic rings. The third-order valence-corrected chi connectivity index (χ3v) is 6.50. The molecule has 2 heterocycles. The van der Waals surface area contributed by atoms with E-state index in [2.05, 4.69) is 52.9 Å². The van der Waals surface area contributed by atoms with Crippen molar-refractivity contribution in [2.75, 3.05) is 11.5 Å².